The molecule has 5 nitrogen and oxygen atoms in total. The molecule has 110 valence electrons. The van der Waals surface area contributed by atoms with Crippen LogP contribution in [-0.2, 0) is 19.6 Å². The number of hydrogen-bond acceptors (Lipinski definition) is 4. The van der Waals surface area contributed by atoms with Gasteiger partial charge >= 0.3 is 5.97 Å². The molecule has 2 rings (SSSR count). The maximum absolute atomic E-state index is 12.6. The van der Waals surface area contributed by atoms with Crippen molar-refractivity contribution in [1.29, 1.82) is 0 Å². The Morgan fingerprint density at radius 3 is 2.80 bits per heavy atom. The highest BCUT2D eigenvalue weighted by molar-refractivity contribution is 7.89. The topological polar surface area (TPSA) is 63.7 Å². The lowest BCUT2D eigenvalue weighted by molar-refractivity contribution is -0.146. The predicted molar refractivity (Wildman–Crippen MR) is 75.0 cm³/mol. The first-order chi connectivity index (χ1) is 9.46. The zero-order valence-electron chi connectivity index (χ0n) is 11.1. The number of carbonyl (C=O) groups is 1. The first kappa shape index (κ1) is 15.3. The zero-order chi connectivity index (χ0) is 14.8. The van der Waals surface area contributed by atoms with Crippen molar-refractivity contribution >= 4 is 27.6 Å². The van der Waals surface area contributed by atoms with Gasteiger partial charge < -0.3 is 4.74 Å². The summed E-state index contributed by atoms with van der Waals surface area (Å²) in [4.78, 5) is 11.9. The van der Waals surface area contributed by atoms with Crippen LogP contribution in [0, 0.1) is 0 Å². The fraction of sp³-hybridized carbons (Fsp3) is 0.462. The number of rotatable bonds is 3. The number of hydrogen-bond donors (Lipinski definition) is 0. The van der Waals surface area contributed by atoms with Crippen molar-refractivity contribution in [2.24, 2.45) is 0 Å². The van der Waals surface area contributed by atoms with Gasteiger partial charge in [0.05, 0.1) is 12.0 Å². The molecule has 1 aliphatic heterocycles. The third kappa shape index (κ3) is 2.97. The first-order valence-electron chi connectivity index (χ1n) is 6.32. The van der Waals surface area contributed by atoms with Gasteiger partial charge in [-0.15, -0.1) is 0 Å². The van der Waals surface area contributed by atoms with E-state index in [0.29, 0.717) is 18.0 Å². The molecule has 0 radical (unpaired) electrons. The van der Waals surface area contributed by atoms with E-state index in [0.717, 1.165) is 12.8 Å². The van der Waals surface area contributed by atoms with Gasteiger partial charge in [0, 0.05) is 11.6 Å². The predicted octanol–water partition coefficient (Wildman–Crippen LogP) is 2.06. The quantitative estimate of drug-likeness (QED) is 0.800. The largest absolute Gasteiger partial charge is 0.468 e. The lowest BCUT2D eigenvalue weighted by atomic mass is 10.1. The Labute approximate surface area is 123 Å². The molecule has 1 unspecified atom stereocenters. The van der Waals surface area contributed by atoms with Crippen molar-refractivity contribution in [3.05, 3.63) is 29.3 Å². The van der Waals surface area contributed by atoms with Crippen LogP contribution in [-0.4, -0.2) is 38.4 Å². The van der Waals surface area contributed by atoms with E-state index < -0.39 is 22.0 Å². The van der Waals surface area contributed by atoms with Crippen molar-refractivity contribution in [1.82, 2.24) is 4.31 Å². The van der Waals surface area contributed by atoms with Crippen molar-refractivity contribution in [2.75, 3.05) is 13.7 Å². The Kier molecular flexibility index (Phi) is 4.67. The normalized spacial score (nSPS) is 20.6. The van der Waals surface area contributed by atoms with Crippen LogP contribution in [0.4, 0.5) is 0 Å². The minimum absolute atomic E-state index is 0.0980. The molecule has 1 atom stereocenters. The smallest absolute Gasteiger partial charge is 0.324 e. The van der Waals surface area contributed by atoms with E-state index in [1.165, 1.54) is 23.5 Å². The van der Waals surface area contributed by atoms with Gasteiger partial charge in [0.15, 0.2) is 0 Å². The average molecular weight is 318 g/mol. The van der Waals surface area contributed by atoms with E-state index in [1.54, 1.807) is 12.1 Å². The lowest BCUT2D eigenvalue weighted by Crippen LogP contribution is -2.48. The Morgan fingerprint density at radius 1 is 1.40 bits per heavy atom. The molecule has 20 heavy (non-hydrogen) atoms. The average Bonchev–Trinajstić information content (AvgIpc) is 2.46. The van der Waals surface area contributed by atoms with Crippen LogP contribution in [0.2, 0.25) is 5.02 Å². The highest BCUT2D eigenvalue weighted by Crippen LogP contribution is 2.27. The summed E-state index contributed by atoms with van der Waals surface area (Å²) in [7, 11) is -2.48. The molecule has 0 aliphatic carbocycles. The molecule has 0 amide bonds. The summed E-state index contributed by atoms with van der Waals surface area (Å²) in [5.41, 5.74) is 0. The van der Waals surface area contributed by atoms with E-state index in [9.17, 15) is 13.2 Å². The molecular weight excluding hydrogens is 302 g/mol. The third-order valence-corrected chi connectivity index (χ3v) is 5.47. The Morgan fingerprint density at radius 2 is 2.15 bits per heavy atom. The molecule has 7 heteroatoms. The Bertz CT molecular complexity index is 602. The maximum atomic E-state index is 12.6. The fourth-order valence-corrected chi connectivity index (χ4v) is 4.28. The van der Waals surface area contributed by atoms with E-state index in [1.807, 2.05) is 0 Å². The van der Waals surface area contributed by atoms with Gasteiger partial charge in [0.2, 0.25) is 10.0 Å². The summed E-state index contributed by atoms with van der Waals surface area (Å²) < 4.78 is 31.2. The molecule has 1 fully saturated rings. The van der Waals surface area contributed by atoms with Crippen LogP contribution in [0.15, 0.2) is 29.2 Å². The summed E-state index contributed by atoms with van der Waals surface area (Å²) >= 11 is 5.84. The van der Waals surface area contributed by atoms with Gasteiger partial charge in [0.25, 0.3) is 0 Å². The summed E-state index contributed by atoms with van der Waals surface area (Å²) in [5.74, 6) is -0.518. The first-order valence-corrected chi connectivity index (χ1v) is 8.14. The standard InChI is InChI=1S/C13H16ClNO4S/c1-19-13(16)12-7-2-3-8-15(12)20(17,18)11-6-4-5-10(14)9-11/h4-6,9,12H,2-3,7-8H2,1H3. The molecular formula is C13H16ClNO4S. The monoisotopic (exact) mass is 317 g/mol. The molecule has 0 bridgehead atoms. The molecule has 1 aromatic rings. The third-order valence-electron chi connectivity index (χ3n) is 3.33. The molecule has 1 aromatic carbocycles. The number of sulfonamides is 1. The summed E-state index contributed by atoms with van der Waals surface area (Å²) in [5, 5.41) is 0.345. The Balaban J connectivity index is 2.38. The highest BCUT2D eigenvalue weighted by atomic mass is 35.5. The van der Waals surface area contributed by atoms with Crippen LogP contribution in [0.3, 0.4) is 0 Å². The zero-order valence-corrected chi connectivity index (χ0v) is 12.7. The van der Waals surface area contributed by atoms with Crippen molar-refractivity contribution in [3.8, 4) is 0 Å². The number of methoxy groups -OCH3 is 1. The molecule has 1 heterocycles. The minimum Gasteiger partial charge on any atom is -0.468 e. The van der Waals surface area contributed by atoms with E-state index in [2.05, 4.69) is 0 Å². The molecule has 1 saturated heterocycles. The van der Waals surface area contributed by atoms with Crippen LogP contribution in [0.25, 0.3) is 0 Å². The SMILES string of the molecule is COC(=O)C1CCCCN1S(=O)(=O)c1cccc(Cl)c1. The molecule has 0 spiro atoms. The second-order valence-electron chi connectivity index (χ2n) is 4.61. The van der Waals surface area contributed by atoms with Gasteiger partial charge in [-0.05, 0) is 37.5 Å². The van der Waals surface area contributed by atoms with Crippen LogP contribution in [0.1, 0.15) is 19.3 Å². The highest BCUT2D eigenvalue weighted by Gasteiger charge is 2.38. The van der Waals surface area contributed by atoms with Gasteiger partial charge in [-0.3, -0.25) is 4.79 Å². The number of benzene rings is 1. The number of piperidine rings is 1. The molecule has 0 N–H and O–H groups in total. The van der Waals surface area contributed by atoms with Crippen molar-refractivity contribution < 1.29 is 17.9 Å². The number of carbonyl (C=O) groups excluding carboxylic acids is 1. The van der Waals surface area contributed by atoms with Gasteiger partial charge in [0.1, 0.15) is 6.04 Å². The van der Waals surface area contributed by atoms with Gasteiger partial charge in [-0.25, -0.2) is 8.42 Å². The maximum Gasteiger partial charge on any atom is 0.324 e. The number of halogens is 1. The second kappa shape index (κ2) is 6.11. The van der Waals surface area contributed by atoms with Gasteiger partial charge in [-0.1, -0.05) is 17.7 Å². The second-order valence-corrected chi connectivity index (χ2v) is 6.93. The van der Waals surface area contributed by atoms with Crippen molar-refractivity contribution in [2.45, 2.75) is 30.2 Å². The van der Waals surface area contributed by atoms with E-state index >= 15 is 0 Å². The fourth-order valence-electron chi connectivity index (χ4n) is 2.33. The summed E-state index contributed by atoms with van der Waals surface area (Å²) in [6.45, 7) is 0.314. The number of nitrogens with zero attached hydrogens (tertiary/aromatic N) is 1. The minimum atomic E-state index is -3.74. The van der Waals surface area contributed by atoms with E-state index in [4.69, 9.17) is 16.3 Å². The summed E-state index contributed by atoms with van der Waals surface area (Å²) in [6.07, 6.45) is 2.01. The van der Waals surface area contributed by atoms with E-state index in [-0.39, 0.29) is 4.90 Å². The lowest BCUT2D eigenvalue weighted by Gasteiger charge is -2.32. The molecule has 0 saturated carbocycles. The molecule has 1 aliphatic rings. The van der Waals surface area contributed by atoms with Crippen LogP contribution in [0.5, 0.6) is 0 Å². The summed E-state index contributed by atoms with van der Waals surface area (Å²) in [6, 6.07) is 5.29. The van der Waals surface area contributed by atoms with Crippen LogP contribution >= 0.6 is 11.6 Å². The number of ether oxygens (including phenoxy) is 1. The van der Waals surface area contributed by atoms with Crippen molar-refractivity contribution in [3.63, 3.8) is 0 Å². The van der Waals surface area contributed by atoms with Crippen LogP contribution < -0.4 is 0 Å². The number of esters is 1. The Hall–Kier alpha value is -1.11. The van der Waals surface area contributed by atoms with Gasteiger partial charge in [-0.2, -0.15) is 4.31 Å². The molecule has 0 aromatic heterocycles.